The fraction of sp³-hybridized carbons (Fsp3) is 0.417. The van der Waals surface area contributed by atoms with Crippen LogP contribution in [-0.4, -0.2) is 30.0 Å². The summed E-state index contributed by atoms with van der Waals surface area (Å²) < 4.78 is 0. The Labute approximate surface area is 111 Å². The Morgan fingerprint density at radius 2 is 1.94 bits per heavy atom. The van der Waals surface area contributed by atoms with Crippen molar-refractivity contribution in [2.75, 3.05) is 13.1 Å². The lowest BCUT2D eigenvalue weighted by Crippen LogP contribution is -2.51. The largest absolute Gasteiger partial charge is 0.316 e. The van der Waals surface area contributed by atoms with E-state index in [9.17, 15) is 9.59 Å². The molecule has 0 spiro atoms. The molecular formula is C12H15N3O2S. The van der Waals surface area contributed by atoms with Crippen molar-refractivity contribution in [2.24, 2.45) is 5.92 Å². The van der Waals surface area contributed by atoms with Gasteiger partial charge < -0.3 is 5.32 Å². The van der Waals surface area contributed by atoms with Gasteiger partial charge in [-0.3, -0.25) is 20.2 Å². The van der Waals surface area contributed by atoms with Crippen LogP contribution >= 0.6 is 12.2 Å². The van der Waals surface area contributed by atoms with Gasteiger partial charge in [0.2, 0.25) is 0 Å². The molecule has 0 saturated carbocycles. The summed E-state index contributed by atoms with van der Waals surface area (Å²) in [6.07, 6.45) is 7.60. The second kappa shape index (κ2) is 5.88. The van der Waals surface area contributed by atoms with Crippen molar-refractivity contribution in [3.8, 4) is 0 Å². The highest BCUT2D eigenvalue weighted by molar-refractivity contribution is 7.80. The van der Waals surface area contributed by atoms with Gasteiger partial charge in [0.15, 0.2) is 5.11 Å². The quantitative estimate of drug-likeness (QED) is 0.373. The molecule has 1 unspecified atom stereocenters. The van der Waals surface area contributed by atoms with Gasteiger partial charge in [0.1, 0.15) is 5.57 Å². The van der Waals surface area contributed by atoms with Crippen LogP contribution in [0.4, 0.5) is 0 Å². The van der Waals surface area contributed by atoms with Gasteiger partial charge in [-0.1, -0.05) is 12.2 Å². The summed E-state index contributed by atoms with van der Waals surface area (Å²) in [6.45, 7) is 2.01. The minimum atomic E-state index is -0.449. The van der Waals surface area contributed by atoms with Crippen LogP contribution in [0, 0.1) is 5.92 Å². The molecule has 0 aromatic rings. The Balaban J connectivity index is 1.99. The third kappa shape index (κ3) is 3.24. The molecule has 1 atom stereocenters. The Kier molecular flexibility index (Phi) is 4.22. The fourth-order valence-electron chi connectivity index (χ4n) is 1.98. The third-order valence-electron chi connectivity index (χ3n) is 2.92. The predicted molar refractivity (Wildman–Crippen MR) is 71.7 cm³/mol. The Hall–Kier alpha value is -1.53. The zero-order valence-electron chi connectivity index (χ0n) is 9.86. The normalized spacial score (nSPS) is 25.0. The van der Waals surface area contributed by atoms with Crippen molar-refractivity contribution in [2.45, 2.75) is 12.8 Å². The van der Waals surface area contributed by atoms with Crippen molar-refractivity contribution < 1.29 is 9.59 Å². The molecule has 2 aliphatic rings. The van der Waals surface area contributed by atoms with Crippen LogP contribution in [0.2, 0.25) is 0 Å². The van der Waals surface area contributed by atoms with Gasteiger partial charge in [0.05, 0.1) is 0 Å². The molecule has 0 aromatic carbocycles. The van der Waals surface area contributed by atoms with E-state index in [-0.39, 0.29) is 10.7 Å². The average Bonchev–Trinajstić information content (AvgIpc) is 2.34. The lowest BCUT2D eigenvalue weighted by Gasteiger charge is -2.19. The maximum absolute atomic E-state index is 11.5. The highest BCUT2D eigenvalue weighted by Gasteiger charge is 2.24. The second-order valence-electron chi connectivity index (χ2n) is 4.31. The first-order valence-electron chi connectivity index (χ1n) is 5.92. The molecular weight excluding hydrogens is 250 g/mol. The van der Waals surface area contributed by atoms with Gasteiger partial charge in [-0.05, 0) is 43.6 Å². The predicted octanol–water partition coefficient (Wildman–Crippen LogP) is -0.000500. The maximum atomic E-state index is 11.5. The van der Waals surface area contributed by atoms with E-state index in [2.05, 4.69) is 16.0 Å². The summed E-state index contributed by atoms with van der Waals surface area (Å²) in [4.78, 5) is 23.0. The topological polar surface area (TPSA) is 70.2 Å². The molecule has 18 heavy (non-hydrogen) atoms. The average molecular weight is 265 g/mol. The molecule has 3 N–H and O–H groups in total. The van der Waals surface area contributed by atoms with E-state index in [4.69, 9.17) is 12.2 Å². The molecule has 0 bridgehead atoms. The summed E-state index contributed by atoms with van der Waals surface area (Å²) >= 11 is 4.71. The first-order chi connectivity index (χ1) is 8.66. The molecule has 0 radical (unpaired) electrons. The standard InChI is InChI=1S/C12H15N3O2S/c16-10-9(11(17)15-12(18)14-10)5-1-3-8-4-2-6-13-7-8/h1,3,5,8,13H,2,4,6-7H2,(H2,14,15,16,17,18)/b3-1+. The first-order valence-corrected chi connectivity index (χ1v) is 6.33. The van der Waals surface area contributed by atoms with E-state index in [1.807, 2.05) is 6.08 Å². The van der Waals surface area contributed by atoms with Gasteiger partial charge in [-0.25, -0.2) is 0 Å². The summed E-state index contributed by atoms with van der Waals surface area (Å²) in [5, 5.41) is 8.15. The zero-order chi connectivity index (χ0) is 13.0. The van der Waals surface area contributed by atoms with Crippen LogP contribution < -0.4 is 16.0 Å². The van der Waals surface area contributed by atoms with Crippen LogP contribution in [0.15, 0.2) is 23.8 Å². The molecule has 2 aliphatic heterocycles. The van der Waals surface area contributed by atoms with Crippen molar-refractivity contribution in [1.29, 1.82) is 0 Å². The molecule has 2 rings (SSSR count). The lowest BCUT2D eigenvalue weighted by atomic mass is 9.99. The summed E-state index contributed by atoms with van der Waals surface area (Å²) in [7, 11) is 0. The highest BCUT2D eigenvalue weighted by Crippen LogP contribution is 2.11. The minimum absolute atomic E-state index is 0.0580. The summed E-state index contributed by atoms with van der Waals surface area (Å²) in [5.74, 6) is -0.434. The van der Waals surface area contributed by atoms with Gasteiger partial charge in [-0.2, -0.15) is 0 Å². The number of piperidine rings is 1. The number of thiocarbonyl (C=S) groups is 1. The molecule has 5 nitrogen and oxygen atoms in total. The zero-order valence-corrected chi connectivity index (χ0v) is 10.7. The number of nitrogens with one attached hydrogen (secondary N) is 3. The Morgan fingerprint density at radius 3 is 2.56 bits per heavy atom. The SMILES string of the molecule is O=C1NC(=S)NC(=O)C1=C/C=C/C1CCCNC1. The molecule has 0 aliphatic carbocycles. The summed E-state index contributed by atoms with van der Waals surface area (Å²) in [5.41, 5.74) is 0.0867. The molecule has 6 heteroatoms. The van der Waals surface area contributed by atoms with Crippen LogP contribution in [0.5, 0.6) is 0 Å². The monoisotopic (exact) mass is 265 g/mol. The number of carbonyl (C=O) groups excluding carboxylic acids is 2. The van der Waals surface area contributed by atoms with Gasteiger partial charge in [0, 0.05) is 6.54 Å². The molecule has 0 aromatic heterocycles. The van der Waals surface area contributed by atoms with Crippen molar-refractivity contribution in [3.63, 3.8) is 0 Å². The molecule has 2 heterocycles. The van der Waals surface area contributed by atoms with Crippen molar-refractivity contribution >= 4 is 29.1 Å². The van der Waals surface area contributed by atoms with E-state index >= 15 is 0 Å². The number of hydrogen-bond acceptors (Lipinski definition) is 4. The van der Waals surface area contributed by atoms with Crippen LogP contribution in [0.1, 0.15) is 12.8 Å². The molecule has 2 amide bonds. The maximum Gasteiger partial charge on any atom is 0.263 e. The number of amides is 2. The van der Waals surface area contributed by atoms with Gasteiger partial charge >= 0.3 is 0 Å². The van der Waals surface area contributed by atoms with E-state index in [1.54, 1.807) is 6.08 Å². The number of rotatable bonds is 2. The number of carbonyl (C=O) groups is 2. The van der Waals surface area contributed by atoms with Crippen LogP contribution in [0.3, 0.4) is 0 Å². The highest BCUT2D eigenvalue weighted by atomic mass is 32.1. The van der Waals surface area contributed by atoms with E-state index in [0.717, 1.165) is 25.9 Å². The van der Waals surface area contributed by atoms with Crippen molar-refractivity contribution in [3.05, 3.63) is 23.8 Å². The smallest absolute Gasteiger partial charge is 0.263 e. The first kappa shape index (κ1) is 12.9. The molecule has 2 fully saturated rings. The second-order valence-corrected chi connectivity index (χ2v) is 4.72. The third-order valence-corrected chi connectivity index (χ3v) is 3.13. The fourth-order valence-corrected chi connectivity index (χ4v) is 2.16. The number of hydrogen-bond donors (Lipinski definition) is 3. The van der Waals surface area contributed by atoms with Crippen LogP contribution in [0.25, 0.3) is 0 Å². The molecule has 96 valence electrons. The minimum Gasteiger partial charge on any atom is -0.316 e. The van der Waals surface area contributed by atoms with Crippen LogP contribution in [-0.2, 0) is 9.59 Å². The molecule has 2 saturated heterocycles. The van der Waals surface area contributed by atoms with Crippen molar-refractivity contribution in [1.82, 2.24) is 16.0 Å². The van der Waals surface area contributed by atoms with E-state index < -0.39 is 11.8 Å². The Bertz CT molecular complexity index is 415. The Morgan fingerprint density at radius 1 is 1.22 bits per heavy atom. The number of allylic oxidation sites excluding steroid dienone is 2. The lowest BCUT2D eigenvalue weighted by molar-refractivity contribution is -0.123. The summed E-state index contributed by atoms with van der Waals surface area (Å²) in [6, 6.07) is 0. The van der Waals surface area contributed by atoms with Gasteiger partial charge in [0.25, 0.3) is 11.8 Å². The van der Waals surface area contributed by atoms with E-state index in [1.165, 1.54) is 6.08 Å². The van der Waals surface area contributed by atoms with E-state index in [0.29, 0.717) is 5.92 Å². The van der Waals surface area contributed by atoms with Gasteiger partial charge in [-0.15, -0.1) is 0 Å².